The molecule has 0 saturated carbocycles. The van der Waals surface area contributed by atoms with Gasteiger partial charge in [0.1, 0.15) is 16.5 Å². The summed E-state index contributed by atoms with van der Waals surface area (Å²) in [6, 6.07) is 13.1. The molecule has 0 aliphatic carbocycles. The molecule has 2 heterocycles. The summed E-state index contributed by atoms with van der Waals surface area (Å²) in [5, 5.41) is 6.83. The van der Waals surface area contributed by atoms with E-state index in [0.29, 0.717) is 28.2 Å². The number of anilines is 4. The number of hydrogen-bond acceptors (Lipinski definition) is 8. The van der Waals surface area contributed by atoms with Gasteiger partial charge < -0.3 is 30.7 Å². The molecule has 8 nitrogen and oxygen atoms in total. The maximum absolute atomic E-state index is 6.21. The first-order valence-corrected chi connectivity index (χ1v) is 9.97. The van der Waals surface area contributed by atoms with Gasteiger partial charge in [-0.05, 0) is 24.3 Å². The minimum absolute atomic E-state index is 0.233. The summed E-state index contributed by atoms with van der Waals surface area (Å²) in [5.41, 5.74) is 8.25. The van der Waals surface area contributed by atoms with Crippen molar-refractivity contribution in [1.82, 2.24) is 15.3 Å². The van der Waals surface area contributed by atoms with Crippen LogP contribution in [0.4, 0.5) is 23.0 Å². The molecule has 0 spiro atoms. The third-order valence-electron chi connectivity index (χ3n) is 4.70. The second-order valence-corrected chi connectivity index (χ2v) is 7.18. The molecular weight excluding hydrogens is 404 g/mol. The van der Waals surface area contributed by atoms with Crippen LogP contribution in [0.5, 0.6) is 17.4 Å². The van der Waals surface area contributed by atoms with Crippen LogP contribution < -0.4 is 30.7 Å². The van der Waals surface area contributed by atoms with Crippen molar-refractivity contribution in [2.75, 3.05) is 49.2 Å². The zero-order chi connectivity index (χ0) is 20.9. The van der Waals surface area contributed by atoms with Crippen LogP contribution >= 0.6 is 11.6 Å². The lowest BCUT2D eigenvalue weighted by molar-refractivity contribution is 0.416. The number of nitrogens with two attached hydrogens (primary N) is 1. The number of benzene rings is 2. The summed E-state index contributed by atoms with van der Waals surface area (Å²) in [7, 11) is 1.64. The molecule has 30 heavy (non-hydrogen) atoms. The van der Waals surface area contributed by atoms with Crippen molar-refractivity contribution in [3.8, 4) is 17.4 Å². The first kappa shape index (κ1) is 20.1. The van der Waals surface area contributed by atoms with Crippen molar-refractivity contribution < 1.29 is 9.47 Å². The molecule has 2 aromatic carbocycles. The normalized spacial score (nSPS) is 13.7. The van der Waals surface area contributed by atoms with E-state index < -0.39 is 0 Å². The molecule has 0 atom stereocenters. The average molecular weight is 427 g/mol. The maximum Gasteiger partial charge on any atom is 0.243 e. The summed E-state index contributed by atoms with van der Waals surface area (Å²) >= 11 is 6.21. The fraction of sp³-hybridized carbons (Fsp3) is 0.238. The van der Waals surface area contributed by atoms with Gasteiger partial charge in [-0.25, -0.2) is 4.98 Å². The predicted molar refractivity (Wildman–Crippen MR) is 119 cm³/mol. The number of methoxy groups -OCH3 is 1. The average Bonchev–Trinajstić information content (AvgIpc) is 2.77. The lowest BCUT2D eigenvalue weighted by Crippen LogP contribution is -2.43. The molecule has 0 unspecified atom stereocenters. The van der Waals surface area contributed by atoms with Crippen LogP contribution in [-0.4, -0.2) is 43.3 Å². The van der Waals surface area contributed by atoms with Gasteiger partial charge in [0.25, 0.3) is 0 Å². The van der Waals surface area contributed by atoms with E-state index in [1.165, 1.54) is 6.20 Å². The van der Waals surface area contributed by atoms with Gasteiger partial charge in [-0.1, -0.05) is 17.7 Å². The number of aromatic nitrogens is 2. The molecular formula is C21H23ClN6O2. The highest BCUT2D eigenvalue weighted by Crippen LogP contribution is 2.33. The van der Waals surface area contributed by atoms with Gasteiger partial charge in [-0.2, -0.15) is 4.98 Å². The Hall–Kier alpha value is -3.23. The van der Waals surface area contributed by atoms with E-state index in [4.69, 9.17) is 26.8 Å². The molecule has 1 aliphatic rings. The number of nitrogens with zero attached hydrogens (tertiary/aromatic N) is 3. The van der Waals surface area contributed by atoms with Gasteiger partial charge in [0.2, 0.25) is 11.8 Å². The van der Waals surface area contributed by atoms with E-state index in [9.17, 15) is 0 Å². The largest absolute Gasteiger partial charge is 0.494 e. The van der Waals surface area contributed by atoms with Gasteiger partial charge in [0, 0.05) is 49.7 Å². The molecule has 4 N–H and O–H groups in total. The van der Waals surface area contributed by atoms with E-state index >= 15 is 0 Å². The molecule has 1 fully saturated rings. The van der Waals surface area contributed by atoms with Crippen molar-refractivity contribution in [3.05, 3.63) is 53.7 Å². The van der Waals surface area contributed by atoms with Gasteiger partial charge in [0.05, 0.1) is 19.0 Å². The third-order valence-corrected chi connectivity index (χ3v) is 4.96. The highest BCUT2D eigenvalue weighted by molar-refractivity contribution is 6.31. The van der Waals surface area contributed by atoms with Gasteiger partial charge in [-0.3, -0.25) is 0 Å². The van der Waals surface area contributed by atoms with Crippen LogP contribution in [0.2, 0.25) is 5.02 Å². The smallest absolute Gasteiger partial charge is 0.243 e. The molecule has 4 rings (SSSR count). The number of hydrogen-bond donors (Lipinski definition) is 3. The highest BCUT2D eigenvalue weighted by Gasteiger charge is 2.15. The fourth-order valence-electron chi connectivity index (χ4n) is 3.20. The SMILES string of the molecule is COc1cc(N2CCNCC2)ccc1Nc1ncc(Cl)c(Oc2cccc(N)c2)n1. The van der Waals surface area contributed by atoms with Crippen molar-refractivity contribution in [1.29, 1.82) is 0 Å². The minimum Gasteiger partial charge on any atom is -0.494 e. The van der Waals surface area contributed by atoms with E-state index in [1.807, 2.05) is 12.1 Å². The van der Waals surface area contributed by atoms with E-state index in [2.05, 4.69) is 31.6 Å². The molecule has 3 aromatic rings. The van der Waals surface area contributed by atoms with Gasteiger partial charge >= 0.3 is 0 Å². The summed E-state index contributed by atoms with van der Waals surface area (Å²) in [6.45, 7) is 3.86. The fourth-order valence-corrected chi connectivity index (χ4v) is 3.33. The quantitative estimate of drug-likeness (QED) is 0.514. The molecule has 0 bridgehead atoms. The molecule has 9 heteroatoms. The summed E-state index contributed by atoms with van der Waals surface area (Å²) < 4.78 is 11.4. The van der Waals surface area contributed by atoms with Crippen LogP contribution in [0.3, 0.4) is 0 Å². The first-order valence-electron chi connectivity index (χ1n) is 9.59. The van der Waals surface area contributed by atoms with Crippen molar-refractivity contribution in [2.24, 2.45) is 0 Å². The van der Waals surface area contributed by atoms with Crippen LogP contribution in [0.25, 0.3) is 0 Å². The molecule has 156 valence electrons. The molecule has 1 aliphatic heterocycles. The molecule has 0 amide bonds. The van der Waals surface area contributed by atoms with Gasteiger partial charge in [-0.15, -0.1) is 0 Å². The van der Waals surface area contributed by atoms with E-state index in [0.717, 1.165) is 37.6 Å². The Kier molecular flexibility index (Phi) is 6.06. The number of piperazine rings is 1. The Bertz CT molecular complexity index is 1030. The monoisotopic (exact) mass is 426 g/mol. The second-order valence-electron chi connectivity index (χ2n) is 6.77. The summed E-state index contributed by atoms with van der Waals surface area (Å²) in [5.74, 6) is 1.81. The van der Waals surface area contributed by atoms with E-state index in [1.54, 1.807) is 31.4 Å². The second kappa shape index (κ2) is 9.06. The Morgan fingerprint density at radius 1 is 1.17 bits per heavy atom. The zero-order valence-electron chi connectivity index (χ0n) is 16.6. The number of nitrogens with one attached hydrogen (secondary N) is 2. The Morgan fingerprint density at radius 2 is 2.00 bits per heavy atom. The Morgan fingerprint density at radius 3 is 2.77 bits per heavy atom. The number of nitrogen functional groups attached to an aromatic ring is 1. The van der Waals surface area contributed by atoms with Crippen LogP contribution in [0.1, 0.15) is 0 Å². The standard InChI is InChI=1S/C21H23ClN6O2/c1-29-19-12-15(28-9-7-24-8-10-28)5-6-18(19)26-21-25-13-17(22)20(27-21)30-16-4-2-3-14(23)11-16/h2-6,11-13,24H,7-10,23H2,1H3,(H,25,26,27). The Balaban J connectivity index is 1.55. The summed E-state index contributed by atoms with van der Waals surface area (Å²) in [4.78, 5) is 11.0. The number of halogens is 1. The highest BCUT2D eigenvalue weighted by atomic mass is 35.5. The van der Waals surface area contributed by atoms with Crippen molar-refractivity contribution in [2.45, 2.75) is 0 Å². The topological polar surface area (TPSA) is 97.6 Å². The lowest BCUT2D eigenvalue weighted by Gasteiger charge is -2.30. The van der Waals surface area contributed by atoms with E-state index in [-0.39, 0.29) is 5.88 Å². The van der Waals surface area contributed by atoms with Gasteiger partial charge in [0.15, 0.2) is 0 Å². The minimum atomic E-state index is 0.233. The first-order chi connectivity index (χ1) is 14.6. The predicted octanol–water partition coefficient (Wildman–Crippen LogP) is 3.67. The van der Waals surface area contributed by atoms with Crippen LogP contribution in [0, 0.1) is 0 Å². The Labute approximate surface area is 180 Å². The summed E-state index contributed by atoms with van der Waals surface area (Å²) in [6.07, 6.45) is 1.49. The molecule has 1 aromatic heterocycles. The lowest BCUT2D eigenvalue weighted by atomic mass is 10.2. The number of ether oxygens (including phenoxy) is 2. The zero-order valence-corrected chi connectivity index (χ0v) is 17.3. The molecule has 0 radical (unpaired) electrons. The van der Waals surface area contributed by atoms with Crippen LogP contribution in [-0.2, 0) is 0 Å². The van der Waals surface area contributed by atoms with Crippen molar-refractivity contribution >= 4 is 34.6 Å². The third kappa shape index (κ3) is 4.67. The number of rotatable bonds is 6. The van der Waals surface area contributed by atoms with Crippen molar-refractivity contribution in [3.63, 3.8) is 0 Å². The molecule has 1 saturated heterocycles. The van der Waals surface area contributed by atoms with Crippen LogP contribution in [0.15, 0.2) is 48.7 Å². The maximum atomic E-state index is 6.21.